The first-order chi connectivity index (χ1) is 9.45. The summed E-state index contributed by atoms with van der Waals surface area (Å²) in [5.74, 6) is 0.729. The molecule has 3 unspecified atom stereocenters. The van der Waals surface area contributed by atoms with Gasteiger partial charge in [0.05, 0.1) is 0 Å². The van der Waals surface area contributed by atoms with E-state index in [1.807, 2.05) is 0 Å². The van der Waals surface area contributed by atoms with E-state index in [0.717, 1.165) is 12.5 Å². The maximum absolute atomic E-state index is 3.73. The number of hydrogen-bond donors (Lipinski definition) is 1. The molecule has 0 saturated carbocycles. The molecule has 1 N–H and O–H groups in total. The van der Waals surface area contributed by atoms with Gasteiger partial charge in [-0.1, -0.05) is 64.4 Å². The predicted molar refractivity (Wildman–Crippen MR) is 93.6 cm³/mol. The van der Waals surface area contributed by atoms with Crippen LogP contribution in [-0.2, 0) is 0 Å². The predicted octanol–water partition coefficient (Wildman–Crippen LogP) is 5.20. The van der Waals surface area contributed by atoms with E-state index < -0.39 is 0 Å². The van der Waals surface area contributed by atoms with Gasteiger partial charge < -0.3 is 5.32 Å². The molecule has 0 aliphatic heterocycles. The van der Waals surface area contributed by atoms with Crippen LogP contribution in [-0.4, -0.2) is 17.0 Å². The summed E-state index contributed by atoms with van der Waals surface area (Å²) >= 11 is 2.10. The molecule has 0 bridgehead atoms. The smallest absolute Gasteiger partial charge is 0.0438 e. The third-order valence-corrected chi connectivity index (χ3v) is 5.56. The van der Waals surface area contributed by atoms with Crippen molar-refractivity contribution in [1.29, 1.82) is 0 Å². The largest absolute Gasteiger partial charge is 0.309 e. The Morgan fingerprint density at radius 1 is 1.00 bits per heavy atom. The summed E-state index contributed by atoms with van der Waals surface area (Å²) in [7, 11) is 0. The molecule has 0 aromatic heterocycles. The van der Waals surface area contributed by atoms with Crippen molar-refractivity contribution >= 4 is 11.8 Å². The highest BCUT2D eigenvalue weighted by Crippen LogP contribution is 2.32. The van der Waals surface area contributed by atoms with Gasteiger partial charge in [-0.15, -0.1) is 0 Å². The number of aryl methyl sites for hydroxylation is 1. The third kappa shape index (κ3) is 5.49. The Morgan fingerprint density at radius 3 is 2.10 bits per heavy atom. The zero-order chi connectivity index (χ0) is 15.1. The van der Waals surface area contributed by atoms with Gasteiger partial charge in [0.25, 0.3) is 0 Å². The van der Waals surface area contributed by atoms with E-state index in [4.69, 9.17) is 0 Å². The molecule has 2 heteroatoms. The molecular formula is C18H31NS. The summed E-state index contributed by atoms with van der Waals surface area (Å²) in [6.45, 7) is 14.8. The van der Waals surface area contributed by atoms with E-state index in [9.17, 15) is 0 Å². The highest BCUT2D eigenvalue weighted by atomic mass is 32.2. The number of hydrogen-bond acceptors (Lipinski definition) is 2. The molecule has 1 aromatic carbocycles. The highest BCUT2D eigenvalue weighted by Gasteiger charge is 2.22. The maximum atomic E-state index is 3.73. The summed E-state index contributed by atoms with van der Waals surface area (Å²) in [6, 6.07) is 9.44. The summed E-state index contributed by atoms with van der Waals surface area (Å²) in [5.41, 5.74) is 2.75. The Morgan fingerprint density at radius 2 is 1.60 bits per heavy atom. The van der Waals surface area contributed by atoms with Crippen LogP contribution in [0.15, 0.2) is 24.3 Å². The molecule has 1 aromatic rings. The van der Waals surface area contributed by atoms with Gasteiger partial charge in [-0.25, -0.2) is 0 Å². The molecule has 3 atom stereocenters. The first kappa shape index (κ1) is 17.6. The average Bonchev–Trinajstić information content (AvgIpc) is 2.41. The lowest BCUT2D eigenvalue weighted by Gasteiger charge is -2.29. The highest BCUT2D eigenvalue weighted by molar-refractivity contribution is 8.00. The first-order valence-corrected chi connectivity index (χ1v) is 8.85. The van der Waals surface area contributed by atoms with Gasteiger partial charge in [-0.3, -0.25) is 0 Å². The van der Waals surface area contributed by atoms with Crippen molar-refractivity contribution in [2.45, 2.75) is 64.5 Å². The molecular weight excluding hydrogens is 262 g/mol. The fraction of sp³-hybridized carbons (Fsp3) is 0.667. The van der Waals surface area contributed by atoms with Gasteiger partial charge in [0.2, 0.25) is 0 Å². The molecule has 1 nitrogen and oxygen atoms in total. The van der Waals surface area contributed by atoms with Crippen LogP contribution >= 0.6 is 11.8 Å². The van der Waals surface area contributed by atoms with Crippen molar-refractivity contribution in [2.75, 3.05) is 6.54 Å². The normalized spacial score (nSPS) is 16.1. The second-order valence-electron chi connectivity index (χ2n) is 6.13. The van der Waals surface area contributed by atoms with Crippen molar-refractivity contribution in [3.63, 3.8) is 0 Å². The third-order valence-electron chi connectivity index (χ3n) is 3.89. The molecule has 114 valence electrons. The van der Waals surface area contributed by atoms with E-state index >= 15 is 0 Å². The molecule has 0 saturated heterocycles. The number of nitrogens with one attached hydrogen (secondary N) is 1. The second-order valence-corrected chi connectivity index (χ2v) is 7.89. The van der Waals surface area contributed by atoms with Crippen molar-refractivity contribution in [1.82, 2.24) is 5.32 Å². The SMILES string of the molecule is CCCNC(c1ccc(C)cc1)C(C)SC(C)C(C)C. The maximum Gasteiger partial charge on any atom is 0.0438 e. The number of benzene rings is 1. The lowest BCUT2D eigenvalue weighted by Crippen LogP contribution is -2.30. The van der Waals surface area contributed by atoms with Gasteiger partial charge in [-0.05, 0) is 31.4 Å². The Kier molecular flexibility index (Phi) is 7.68. The molecule has 0 aliphatic rings. The van der Waals surface area contributed by atoms with Crippen LogP contribution in [0.1, 0.15) is 58.2 Å². The van der Waals surface area contributed by atoms with Crippen LogP contribution in [0, 0.1) is 12.8 Å². The van der Waals surface area contributed by atoms with Crippen molar-refractivity contribution in [2.24, 2.45) is 5.92 Å². The molecule has 0 radical (unpaired) electrons. The minimum absolute atomic E-state index is 0.446. The van der Waals surface area contributed by atoms with Gasteiger partial charge in [0.1, 0.15) is 0 Å². The van der Waals surface area contributed by atoms with Crippen molar-refractivity contribution in [3.05, 3.63) is 35.4 Å². The van der Waals surface area contributed by atoms with Crippen LogP contribution in [0.4, 0.5) is 0 Å². The van der Waals surface area contributed by atoms with Crippen LogP contribution in [0.5, 0.6) is 0 Å². The number of thioether (sulfide) groups is 1. The van der Waals surface area contributed by atoms with Crippen LogP contribution in [0.25, 0.3) is 0 Å². The fourth-order valence-corrected chi connectivity index (χ4v) is 3.60. The van der Waals surface area contributed by atoms with Gasteiger partial charge >= 0.3 is 0 Å². The standard InChI is InChI=1S/C18H31NS/c1-7-12-19-18(16(6)20-15(5)13(2)3)17-10-8-14(4)9-11-17/h8-11,13,15-16,18-19H,7,12H2,1-6H3. The topological polar surface area (TPSA) is 12.0 Å². The summed E-state index contributed by atoms with van der Waals surface area (Å²) in [5, 5.41) is 5.01. The van der Waals surface area contributed by atoms with Gasteiger partial charge in [0, 0.05) is 16.5 Å². The van der Waals surface area contributed by atoms with Crippen LogP contribution in [0.3, 0.4) is 0 Å². The summed E-state index contributed by atoms with van der Waals surface area (Å²) in [6.07, 6.45) is 1.18. The van der Waals surface area contributed by atoms with E-state index in [2.05, 4.69) is 82.9 Å². The average molecular weight is 294 g/mol. The minimum Gasteiger partial charge on any atom is -0.309 e. The lowest BCUT2D eigenvalue weighted by molar-refractivity contribution is 0.524. The summed E-state index contributed by atoms with van der Waals surface area (Å²) < 4.78 is 0. The van der Waals surface area contributed by atoms with E-state index in [1.165, 1.54) is 17.5 Å². The Balaban J connectivity index is 2.79. The monoisotopic (exact) mass is 293 g/mol. The van der Waals surface area contributed by atoms with Crippen LogP contribution in [0.2, 0.25) is 0 Å². The second kappa shape index (κ2) is 8.74. The van der Waals surface area contributed by atoms with Crippen molar-refractivity contribution in [3.8, 4) is 0 Å². The Bertz CT molecular complexity index is 372. The molecule has 20 heavy (non-hydrogen) atoms. The molecule has 0 fully saturated rings. The zero-order valence-corrected chi connectivity index (χ0v) is 14.8. The minimum atomic E-state index is 0.446. The van der Waals surface area contributed by atoms with Gasteiger partial charge in [-0.2, -0.15) is 11.8 Å². The lowest BCUT2D eigenvalue weighted by atomic mass is 10.0. The molecule has 0 amide bonds. The molecule has 0 heterocycles. The zero-order valence-electron chi connectivity index (χ0n) is 13.9. The molecule has 0 aliphatic carbocycles. The quantitative estimate of drug-likeness (QED) is 0.707. The fourth-order valence-electron chi connectivity index (χ4n) is 2.20. The van der Waals surface area contributed by atoms with E-state index in [-0.39, 0.29) is 0 Å². The van der Waals surface area contributed by atoms with E-state index in [1.54, 1.807) is 0 Å². The van der Waals surface area contributed by atoms with E-state index in [0.29, 0.717) is 16.5 Å². The Labute approximate surface area is 129 Å². The first-order valence-electron chi connectivity index (χ1n) is 7.91. The molecule has 0 spiro atoms. The number of rotatable bonds is 8. The summed E-state index contributed by atoms with van der Waals surface area (Å²) in [4.78, 5) is 0. The van der Waals surface area contributed by atoms with Crippen LogP contribution < -0.4 is 5.32 Å². The Hall–Kier alpha value is -0.470. The van der Waals surface area contributed by atoms with Crippen molar-refractivity contribution < 1.29 is 0 Å². The van der Waals surface area contributed by atoms with Gasteiger partial charge in [0.15, 0.2) is 0 Å². The molecule has 1 rings (SSSR count).